The summed E-state index contributed by atoms with van der Waals surface area (Å²) in [5, 5.41) is 20.3. The van der Waals surface area contributed by atoms with Crippen LogP contribution in [0, 0.1) is 35.8 Å². The fraction of sp³-hybridized carbons (Fsp3) is 0.125. The van der Waals surface area contributed by atoms with Crippen LogP contribution in [0.4, 0.5) is 0 Å². The highest BCUT2D eigenvalue weighted by molar-refractivity contribution is 6.04. The van der Waals surface area contributed by atoms with E-state index in [9.17, 15) is 20.1 Å². The Morgan fingerprint density at radius 1 is 0.650 bits per heavy atom. The van der Waals surface area contributed by atoms with Gasteiger partial charge in [-0.2, -0.15) is 0 Å². The highest BCUT2D eigenvalue weighted by Gasteiger charge is 2.17. The number of aryl methyl sites for hydroxylation is 2. The molecule has 0 saturated heterocycles. The van der Waals surface area contributed by atoms with Crippen molar-refractivity contribution in [2.75, 3.05) is 0 Å². The average Bonchev–Trinajstić information content (AvgIpc) is 2.98. The molecular formula is C32H20N6O2. The molecule has 40 heavy (non-hydrogen) atoms. The van der Waals surface area contributed by atoms with E-state index in [4.69, 9.17) is 13.1 Å². The van der Waals surface area contributed by atoms with Gasteiger partial charge in [-0.1, -0.05) is 12.1 Å². The van der Waals surface area contributed by atoms with Crippen LogP contribution in [-0.4, -0.2) is 9.13 Å². The first-order chi connectivity index (χ1) is 19.2. The summed E-state index contributed by atoms with van der Waals surface area (Å²) in [6, 6.07) is 17.8. The SMILES string of the molecule is [C-]#[N+]/C(C#N)=C(/C)c1ccc2c(c1)c(=O)c1cc3c(cc1n2C)c(=O)c1cc(/C(C)=C(\C#N)[N+]#[C-])ccc1n3C. The van der Waals surface area contributed by atoms with E-state index in [0.29, 0.717) is 65.9 Å². The zero-order valence-corrected chi connectivity index (χ0v) is 22.1. The molecule has 3 aromatic carbocycles. The maximum atomic E-state index is 13.8. The number of benzene rings is 3. The van der Waals surface area contributed by atoms with Gasteiger partial charge in [0.15, 0.2) is 10.9 Å². The molecule has 0 unspecified atom stereocenters. The van der Waals surface area contributed by atoms with E-state index in [1.165, 1.54) is 0 Å². The zero-order chi connectivity index (χ0) is 28.9. The molecule has 0 atom stereocenters. The van der Waals surface area contributed by atoms with Gasteiger partial charge in [0.05, 0.1) is 47.3 Å². The van der Waals surface area contributed by atoms with Crippen LogP contribution < -0.4 is 10.9 Å². The van der Waals surface area contributed by atoms with Gasteiger partial charge >= 0.3 is 0 Å². The van der Waals surface area contributed by atoms with E-state index >= 15 is 0 Å². The lowest BCUT2D eigenvalue weighted by molar-refractivity contribution is 0.993. The van der Waals surface area contributed by atoms with Crippen LogP contribution in [0.3, 0.4) is 0 Å². The first-order valence-corrected chi connectivity index (χ1v) is 12.2. The molecule has 0 bridgehead atoms. The third-order valence-electron chi connectivity index (χ3n) is 7.54. The van der Waals surface area contributed by atoms with Crippen molar-refractivity contribution in [3.63, 3.8) is 0 Å². The smallest absolute Gasteiger partial charge is 0.265 e. The van der Waals surface area contributed by atoms with Crippen LogP contribution in [0.15, 0.2) is 69.5 Å². The Bertz CT molecular complexity index is 2140. The molecule has 190 valence electrons. The number of nitrogens with zero attached hydrogens (tertiary/aromatic N) is 6. The first kappa shape index (κ1) is 25.7. The highest BCUT2D eigenvalue weighted by Crippen LogP contribution is 2.29. The predicted octanol–water partition coefficient (Wildman–Crippen LogP) is 6.04. The van der Waals surface area contributed by atoms with Crippen molar-refractivity contribution in [3.05, 3.63) is 114 Å². The summed E-state index contributed by atoms with van der Waals surface area (Å²) in [4.78, 5) is 34.1. The molecule has 0 amide bonds. The second-order valence-electron chi connectivity index (χ2n) is 9.52. The van der Waals surface area contributed by atoms with Gasteiger partial charge in [0.2, 0.25) is 0 Å². The van der Waals surface area contributed by atoms with Gasteiger partial charge in [-0.25, -0.2) is 20.2 Å². The molecule has 0 radical (unpaired) electrons. The minimum atomic E-state index is -0.215. The molecule has 0 aliphatic rings. The number of rotatable bonds is 2. The summed E-state index contributed by atoms with van der Waals surface area (Å²) < 4.78 is 3.71. The molecule has 2 heterocycles. The first-order valence-electron chi connectivity index (χ1n) is 12.2. The molecule has 5 aromatic rings. The number of nitriles is 2. The van der Waals surface area contributed by atoms with Crippen LogP contribution in [0.25, 0.3) is 64.4 Å². The number of pyridine rings is 2. The molecule has 0 aliphatic carbocycles. The third-order valence-corrected chi connectivity index (χ3v) is 7.54. The van der Waals surface area contributed by atoms with Crippen LogP contribution in [-0.2, 0) is 14.1 Å². The lowest BCUT2D eigenvalue weighted by Crippen LogP contribution is -2.13. The number of hydrogen-bond donors (Lipinski definition) is 0. The molecular weight excluding hydrogens is 500 g/mol. The van der Waals surface area contributed by atoms with E-state index in [2.05, 4.69) is 9.69 Å². The number of allylic oxidation sites excluding steroid dienone is 4. The van der Waals surface area contributed by atoms with Crippen molar-refractivity contribution in [1.29, 1.82) is 10.5 Å². The molecule has 0 aliphatic heterocycles. The summed E-state index contributed by atoms with van der Waals surface area (Å²) in [6.07, 6.45) is 0. The Balaban J connectivity index is 1.87. The Morgan fingerprint density at radius 2 is 1.00 bits per heavy atom. The van der Waals surface area contributed by atoms with Gasteiger partial charge in [-0.3, -0.25) is 9.59 Å². The minimum absolute atomic E-state index is 0.0309. The number of hydrogen-bond acceptors (Lipinski definition) is 4. The Morgan fingerprint density at radius 3 is 1.32 bits per heavy atom. The van der Waals surface area contributed by atoms with E-state index in [-0.39, 0.29) is 22.3 Å². The second-order valence-corrected chi connectivity index (χ2v) is 9.52. The Kier molecular flexibility index (Phi) is 6.04. The minimum Gasteiger partial charge on any atom is -0.343 e. The molecule has 2 aromatic heterocycles. The van der Waals surface area contributed by atoms with Crippen molar-refractivity contribution in [2.24, 2.45) is 14.1 Å². The van der Waals surface area contributed by atoms with Gasteiger partial charge < -0.3 is 9.13 Å². The quantitative estimate of drug-likeness (QED) is 0.161. The van der Waals surface area contributed by atoms with Gasteiger partial charge in [0.25, 0.3) is 11.4 Å². The predicted molar refractivity (Wildman–Crippen MR) is 157 cm³/mol. The summed E-state index contributed by atoms with van der Waals surface area (Å²) >= 11 is 0. The van der Waals surface area contributed by atoms with Gasteiger partial charge in [0.1, 0.15) is 0 Å². The maximum absolute atomic E-state index is 13.8. The van der Waals surface area contributed by atoms with E-state index in [1.807, 2.05) is 35.4 Å². The zero-order valence-electron chi connectivity index (χ0n) is 22.1. The lowest BCUT2D eigenvalue weighted by atomic mass is 9.99. The second kappa shape index (κ2) is 9.41. The largest absolute Gasteiger partial charge is 0.343 e. The third kappa shape index (κ3) is 3.64. The van der Waals surface area contributed by atoms with Crippen LogP contribution in [0.5, 0.6) is 0 Å². The number of aromatic nitrogens is 2. The molecule has 0 N–H and O–H groups in total. The fourth-order valence-corrected chi connectivity index (χ4v) is 5.19. The van der Waals surface area contributed by atoms with Crippen molar-refractivity contribution < 1.29 is 0 Å². The summed E-state index contributed by atoms with van der Waals surface area (Å²) in [5.74, 6) is 0. The maximum Gasteiger partial charge on any atom is 0.265 e. The molecule has 5 rings (SSSR count). The molecule has 0 fully saturated rings. The lowest BCUT2D eigenvalue weighted by Gasteiger charge is -2.16. The van der Waals surface area contributed by atoms with Crippen molar-refractivity contribution in [3.8, 4) is 12.1 Å². The number of fused-ring (bicyclic) bond motifs is 4. The van der Waals surface area contributed by atoms with Crippen molar-refractivity contribution in [1.82, 2.24) is 9.13 Å². The van der Waals surface area contributed by atoms with E-state index in [0.717, 1.165) is 0 Å². The molecule has 0 saturated carbocycles. The van der Waals surface area contributed by atoms with Crippen LogP contribution in [0.1, 0.15) is 25.0 Å². The highest BCUT2D eigenvalue weighted by atomic mass is 16.1. The summed E-state index contributed by atoms with van der Waals surface area (Å²) in [7, 11) is 3.65. The normalized spacial score (nSPS) is 12.4. The molecule has 0 spiro atoms. The van der Waals surface area contributed by atoms with Gasteiger partial charge in [-0.05, 0) is 72.5 Å². The topological polar surface area (TPSA) is 100 Å². The van der Waals surface area contributed by atoms with E-state index in [1.54, 1.807) is 62.4 Å². The van der Waals surface area contributed by atoms with Gasteiger partial charge in [0, 0.05) is 35.6 Å². The van der Waals surface area contributed by atoms with Crippen LogP contribution in [0.2, 0.25) is 0 Å². The van der Waals surface area contributed by atoms with Crippen LogP contribution >= 0.6 is 0 Å². The van der Waals surface area contributed by atoms with E-state index < -0.39 is 0 Å². The summed E-state index contributed by atoms with van der Waals surface area (Å²) in [5.41, 5.74) is 4.22. The van der Waals surface area contributed by atoms with Gasteiger partial charge in [-0.15, -0.1) is 0 Å². The van der Waals surface area contributed by atoms with Crippen molar-refractivity contribution >= 4 is 54.8 Å². The fourth-order valence-electron chi connectivity index (χ4n) is 5.19. The van der Waals surface area contributed by atoms with Crippen molar-refractivity contribution in [2.45, 2.75) is 13.8 Å². The Hall–Kier alpha value is -5.96. The average molecular weight is 521 g/mol. The molecule has 8 nitrogen and oxygen atoms in total. The summed E-state index contributed by atoms with van der Waals surface area (Å²) in [6.45, 7) is 17.9. The molecule has 8 heteroatoms. The Labute approximate surface area is 228 Å². The monoisotopic (exact) mass is 520 g/mol. The standard InChI is InChI=1S/C32H20N6O2/c1-17(25(15-33)35-3)19-7-9-27-21(11-19)31(39)23-13-30-24(14-29(23)37(27)5)32(40)22-12-20(8-10-28(22)38(30)6)18(2)26(16-34)36-4/h7-14H,1-2,5-6H3/b25-17-,26-18+.